The summed E-state index contributed by atoms with van der Waals surface area (Å²) in [6, 6.07) is 0. The van der Waals surface area contributed by atoms with Crippen LogP contribution < -0.4 is 29.6 Å². The molecule has 0 unspecified atom stereocenters. The van der Waals surface area contributed by atoms with Crippen LogP contribution in [0.4, 0.5) is 0 Å². The molecule has 0 atom stereocenters. The second kappa shape index (κ2) is 18.7. The van der Waals surface area contributed by atoms with E-state index in [2.05, 4.69) is 11.9 Å². The number of unbranched alkanes of at least 4 members (excludes halogenated alkanes) is 2. The van der Waals surface area contributed by atoms with Gasteiger partial charge in [-0.3, -0.25) is 14.6 Å². The number of carboxylic acid groups (broad SMARTS) is 2. The van der Waals surface area contributed by atoms with Gasteiger partial charge in [-0.15, -0.1) is 0 Å². The smallest absolute Gasteiger partial charge is 1.00 e. The Morgan fingerprint density at radius 1 is 1.22 bits per heavy atom. The number of hydrogen-bond donors (Lipinski definition) is 2. The second-order valence-corrected chi connectivity index (χ2v) is 3.20. The van der Waals surface area contributed by atoms with Crippen molar-refractivity contribution in [2.24, 2.45) is 4.99 Å². The Labute approximate surface area is 132 Å². The van der Waals surface area contributed by atoms with Gasteiger partial charge in [-0.05, 0) is 6.42 Å². The van der Waals surface area contributed by atoms with E-state index in [0.29, 0.717) is 0 Å². The molecule has 0 bridgehead atoms. The zero-order valence-electron chi connectivity index (χ0n) is 12.4. The van der Waals surface area contributed by atoms with E-state index >= 15 is 0 Å². The van der Waals surface area contributed by atoms with Gasteiger partial charge in [-0.2, -0.15) is 0 Å². The zero-order valence-corrected chi connectivity index (χ0v) is 13.4. The summed E-state index contributed by atoms with van der Waals surface area (Å²) in [6.07, 6.45) is 8.55. The van der Waals surface area contributed by atoms with Gasteiger partial charge >= 0.3 is 41.5 Å². The molecular formula is C12H22NNaO4. The predicted octanol–water partition coefficient (Wildman–Crippen LogP) is -0.167. The fourth-order valence-electron chi connectivity index (χ4n) is 0.649. The Morgan fingerprint density at radius 3 is 2.17 bits per heavy atom. The number of nitrogens with zero attached hydrogens (tertiary/aromatic N) is 1. The molecule has 0 aliphatic carbocycles. The molecule has 0 rings (SSSR count). The van der Waals surface area contributed by atoms with Crippen molar-refractivity contribution in [1.29, 1.82) is 0 Å². The maximum atomic E-state index is 10.0. The van der Waals surface area contributed by atoms with Crippen LogP contribution in [0.15, 0.2) is 17.3 Å². The van der Waals surface area contributed by atoms with E-state index in [4.69, 9.17) is 10.2 Å². The molecule has 0 fully saturated rings. The second-order valence-electron chi connectivity index (χ2n) is 3.20. The molecular weight excluding hydrogens is 245 g/mol. The first-order valence-corrected chi connectivity index (χ1v) is 5.64. The number of allylic oxidation sites excluding steroid dienone is 1. The Balaban J connectivity index is -0.000000139. The Bertz CT molecular complexity index is 270. The van der Waals surface area contributed by atoms with Gasteiger partial charge in [0.25, 0.3) is 0 Å². The van der Waals surface area contributed by atoms with Crippen molar-refractivity contribution in [3.63, 3.8) is 0 Å². The van der Waals surface area contributed by atoms with Crippen LogP contribution in [0.25, 0.3) is 0 Å². The molecule has 0 amide bonds. The van der Waals surface area contributed by atoms with Crippen LogP contribution in [0.1, 0.15) is 47.4 Å². The van der Waals surface area contributed by atoms with Gasteiger partial charge < -0.3 is 11.6 Å². The zero-order chi connectivity index (χ0) is 13.5. The Hall–Kier alpha value is -0.650. The van der Waals surface area contributed by atoms with Crippen molar-refractivity contribution < 1.29 is 50.8 Å². The third-order valence-electron chi connectivity index (χ3n) is 1.59. The fourth-order valence-corrected chi connectivity index (χ4v) is 0.649. The quantitative estimate of drug-likeness (QED) is 0.381. The summed E-state index contributed by atoms with van der Waals surface area (Å²) in [7, 11) is 0. The molecule has 0 aromatic heterocycles. The minimum absolute atomic E-state index is 0. The van der Waals surface area contributed by atoms with E-state index in [1.54, 1.807) is 13.1 Å². The van der Waals surface area contributed by atoms with Crippen LogP contribution >= 0.6 is 0 Å². The first-order valence-electron chi connectivity index (χ1n) is 5.64. The summed E-state index contributed by atoms with van der Waals surface area (Å²) in [5.74, 6) is -1.59. The summed E-state index contributed by atoms with van der Waals surface area (Å²) < 4.78 is 0. The third-order valence-corrected chi connectivity index (χ3v) is 1.59. The van der Waals surface area contributed by atoms with Crippen molar-refractivity contribution >= 4 is 18.2 Å². The van der Waals surface area contributed by atoms with Gasteiger partial charge in [0, 0.05) is 18.8 Å². The SMILES string of the molecule is CCC(=O)O.CCCCC=CN=CCC(=O)O.[H-].[Na+]. The summed E-state index contributed by atoms with van der Waals surface area (Å²) >= 11 is 0. The number of aliphatic carboxylic acids is 2. The number of carbonyl (C=O) groups is 2. The molecule has 0 aromatic rings. The first-order chi connectivity index (χ1) is 8.04. The largest absolute Gasteiger partial charge is 1.00 e. The van der Waals surface area contributed by atoms with Gasteiger partial charge in [0.15, 0.2) is 0 Å². The topological polar surface area (TPSA) is 87.0 Å². The van der Waals surface area contributed by atoms with Crippen LogP contribution in [-0.2, 0) is 9.59 Å². The normalized spacial score (nSPS) is 9.67. The van der Waals surface area contributed by atoms with E-state index in [-0.39, 0.29) is 43.8 Å². The fraction of sp³-hybridized carbons (Fsp3) is 0.583. The van der Waals surface area contributed by atoms with Crippen molar-refractivity contribution in [2.75, 3.05) is 0 Å². The first kappa shape index (κ1) is 22.5. The molecule has 0 saturated carbocycles. The molecule has 2 N–H and O–H groups in total. The summed E-state index contributed by atoms with van der Waals surface area (Å²) in [6.45, 7) is 3.73. The number of carboxylic acids is 2. The maximum absolute atomic E-state index is 10.0. The number of aliphatic imine (C=N–C) groups is 1. The van der Waals surface area contributed by atoms with Crippen molar-refractivity contribution in [3.8, 4) is 0 Å². The molecule has 0 aliphatic heterocycles. The molecule has 0 spiro atoms. The molecule has 18 heavy (non-hydrogen) atoms. The van der Waals surface area contributed by atoms with Gasteiger partial charge in [-0.1, -0.05) is 32.8 Å². The summed E-state index contributed by atoms with van der Waals surface area (Å²) in [4.78, 5) is 23.2. The molecule has 100 valence electrons. The van der Waals surface area contributed by atoms with Gasteiger partial charge in [0.05, 0.1) is 6.42 Å². The van der Waals surface area contributed by atoms with E-state index in [1.807, 2.05) is 6.08 Å². The average molecular weight is 267 g/mol. The van der Waals surface area contributed by atoms with E-state index < -0.39 is 11.9 Å². The van der Waals surface area contributed by atoms with Crippen LogP contribution in [0.5, 0.6) is 0 Å². The molecule has 0 aliphatic rings. The molecule has 5 nitrogen and oxygen atoms in total. The third kappa shape index (κ3) is 29.5. The summed E-state index contributed by atoms with van der Waals surface area (Å²) in [5.41, 5.74) is 0. The number of hydrogen-bond acceptors (Lipinski definition) is 3. The van der Waals surface area contributed by atoms with Crippen molar-refractivity contribution in [2.45, 2.75) is 46.0 Å². The van der Waals surface area contributed by atoms with Gasteiger partial charge in [0.2, 0.25) is 0 Å². The minimum atomic E-state index is -0.847. The summed E-state index contributed by atoms with van der Waals surface area (Å²) in [5, 5.41) is 16.0. The van der Waals surface area contributed by atoms with Crippen molar-refractivity contribution in [1.82, 2.24) is 0 Å². The Kier molecular flexibility index (Phi) is 23.4. The van der Waals surface area contributed by atoms with Gasteiger partial charge in [-0.25, -0.2) is 0 Å². The monoisotopic (exact) mass is 267 g/mol. The Morgan fingerprint density at radius 2 is 1.78 bits per heavy atom. The molecule has 0 heterocycles. The minimum Gasteiger partial charge on any atom is -1.00 e. The van der Waals surface area contributed by atoms with E-state index in [1.165, 1.54) is 12.6 Å². The standard InChI is InChI=1S/C9H15NO2.C3H6O2.Na.H/c1-2-3-4-5-7-10-8-6-9(11)12;1-2-3(4)5;;/h5,7-8H,2-4,6H2,1H3,(H,11,12);2H2,1H3,(H,4,5);;/q;;+1;-1. The molecule has 6 heteroatoms. The molecule has 0 radical (unpaired) electrons. The van der Waals surface area contributed by atoms with Crippen LogP contribution in [0.3, 0.4) is 0 Å². The average Bonchev–Trinajstić information content (AvgIpc) is 2.28. The predicted molar refractivity (Wildman–Crippen MR) is 68.4 cm³/mol. The van der Waals surface area contributed by atoms with Crippen LogP contribution in [-0.4, -0.2) is 28.4 Å². The molecule has 0 saturated heterocycles. The van der Waals surface area contributed by atoms with Crippen molar-refractivity contribution in [3.05, 3.63) is 12.3 Å². The number of rotatable bonds is 7. The van der Waals surface area contributed by atoms with Crippen LogP contribution in [0, 0.1) is 0 Å². The maximum Gasteiger partial charge on any atom is 1.00 e. The van der Waals surface area contributed by atoms with Crippen LogP contribution in [0.2, 0.25) is 0 Å². The van der Waals surface area contributed by atoms with E-state index in [9.17, 15) is 9.59 Å². The van der Waals surface area contributed by atoms with Gasteiger partial charge in [0.1, 0.15) is 0 Å². The van der Waals surface area contributed by atoms with E-state index in [0.717, 1.165) is 12.8 Å². The molecule has 0 aromatic carbocycles.